The Balaban J connectivity index is 1.90. The van der Waals surface area contributed by atoms with Crippen molar-refractivity contribution in [1.29, 1.82) is 0 Å². The average Bonchev–Trinajstić information content (AvgIpc) is 2.90. The van der Waals surface area contributed by atoms with Crippen LogP contribution in [-0.2, 0) is 22.3 Å². The molecule has 2 aromatic carbocycles. The number of para-hydroxylation sites is 1. The lowest BCUT2D eigenvalue weighted by Crippen LogP contribution is -2.44. The molecule has 37 heavy (non-hydrogen) atoms. The first kappa shape index (κ1) is 28.1. The molecular weight excluding hydrogens is 489 g/mol. The molecule has 0 N–H and O–H groups in total. The molecule has 3 rings (SSSR count). The summed E-state index contributed by atoms with van der Waals surface area (Å²) in [5, 5.41) is 0. The lowest BCUT2D eigenvalue weighted by Gasteiger charge is -2.30. The van der Waals surface area contributed by atoms with Crippen LogP contribution in [0.15, 0.2) is 42.5 Å². The fourth-order valence-corrected chi connectivity index (χ4v) is 3.73. The number of fused-ring (bicyclic) bond motifs is 2. The fourth-order valence-electron chi connectivity index (χ4n) is 3.73. The molecular formula is C27H33F3N2O5. The number of amides is 2. The van der Waals surface area contributed by atoms with E-state index in [2.05, 4.69) is 0 Å². The number of carbonyl (C=O) groups excluding carboxylic acids is 2. The summed E-state index contributed by atoms with van der Waals surface area (Å²) < 4.78 is 57.2. The van der Waals surface area contributed by atoms with E-state index in [1.54, 1.807) is 58.6 Å². The third-order valence-corrected chi connectivity index (χ3v) is 5.23. The molecule has 2 aromatic rings. The molecule has 0 bridgehead atoms. The Kier molecular flexibility index (Phi) is 8.00. The molecule has 7 nitrogen and oxygen atoms in total. The smallest absolute Gasteiger partial charge is 0.419 e. The van der Waals surface area contributed by atoms with Gasteiger partial charge in [0.1, 0.15) is 23.6 Å². The predicted molar refractivity (Wildman–Crippen MR) is 133 cm³/mol. The summed E-state index contributed by atoms with van der Waals surface area (Å²) in [6.07, 6.45) is -6.03. The zero-order valence-corrected chi connectivity index (χ0v) is 21.9. The lowest BCUT2D eigenvalue weighted by atomic mass is 10.1. The molecule has 0 radical (unpaired) electrons. The van der Waals surface area contributed by atoms with Gasteiger partial charge in [0.15, 0.2) is 0 Å². The van der Waals surface area contributed by atoms with Crippen LogP contribution in [0.5, 0.6) is 5.75 Å². The van der Waals surface area contributed by atoms with E-state index in [0.717, 1.165) is 22.6 Å². The highest BCUT2D eigenvalue weighted by Crippen LogP contribution is 2.42. The van der Waals surface area contributed by atoms with Crippen molar-refractivity contribution in [3.05, 3.63) is 53.6 Å². The number of nitrogens with zero attached hydrogens (tertiary/aromatic N) is 2. The van der Waals surface area contributed by atoms with Crippen LogP contribution in [0.3, 0.4) is 0 Å². The largest absolute Gasteiger partial charge is 0.487 e. The summed E-state index contributed by atoms with van der Waals surface area (Å²) >= 11 is 0. The zero-order chi connectivity index (χ0) is 27.6. The van der Waals surface area contributed by atoms with Gasteiger partial charge < -0.3 is 19.1 Å². The Morgan fingerprint density at radius 2 is 1.51 bits per heavy atom. The molecule has 0 aliphatic carbocycles. The monoisotopic (exact) mass is 522 g/mol. The van der Waals surface area contributed by atoms with Crippen LogP contribution in [0.1, 0.15) is 59.1 Å². The second-order valence-electron chi connectivity index (χ2n) is 10.7. The molecule has 0 atom stereocenters. The van der Waals surface area contributed by atoms with E-state index in [1.807, 2.05) is 12.1 Å². The summed E-state index contributed by atoms with van der Waals surface area (Å²) in [4.78, 5) is 28.2. The van der Waals surface area contributed by atoms with Crippen molar-refractivity contribution in [1.82, 2.24) is 4.90 Å². The van der Waals surface area contributed by atoms with Crippen molar-refractivity contribution < 1.29 is 37.0 Å². The van der Waals surface area contributed by atoms with Crippen LogP contribution in [0.4, 0.5) is 34.1 Å². The molecule has 202 valence electrons. The van der Waals surface area contributed by atoms with Crippen molar-refractivity contribution in [2.24, 2.45) is 0 Å². The van der Waals surface area contributed by atoms with Crippen LogP contribution < -0.4 is 9.64 Å². The molecule has 0 spiro atoms. The standard InChI is InChI=1S/C27H33F3N2O5/c1-25(2,3)36-23(33)32(24(34)37-26(4,5)6)15-9-14-31-20-11-8-7-10-18(20)17-35-22-13-12-19(16-21(22)31)27(28,29)30/h7-8,10-13,16H,9,14-15,17H2,1-6H3. The maximum Gasteiger partial charge on any atom is 0.419 e. The number of hydrogen-bond donors (Lipinski definition) is 0. The second-order valence-corrected chi connectivity index (χ2v) is 10.7. The summed E-state index contributed by atoms with van der Waals surface area (Å²) in [5.74, 6) is 0.306. The van der Waals surface area contributed by atoms with Crippen molar-refractivity contribution in [2.75, 3.05) is 18.0 Å². The van der Waals surface area contributed by atoms with Crippen LogP contribution in [-0.4, -0.2) is 41.4 Å². The van der Waals surface area contributed by atoms with Gasteiger partial charge in [-0.2, -0.15) is 13.2 Å². The molecule has 0 fully saturated rings. The number of halogens is 3. The van der Waals surface area contributed by atoms with Crippen LogP contribution in [0.2, 0.25) is 0 Å². The van der Waals surface area contributed by atoms with Gasteiger partial charge in [0.05, 0.1) is 11.3 Å². The first-order valence-corrected chi connectivity index (χ1v) is 12.0. The topological polar surface area (TPSA) is 68.3 Å². The number of imide groups is 1. The third kappa shape index (κ3) is 7.53. The molecule has 2 amide bonds. The molecule has 1 aliphatic heterocycles. The second kappa shape index (κ2) is 10.5. The van der Waals surface area contributed by atoms with Gasteiger partial charge in [0.2, 0.25) is 0 Å². The number of alkyl halides is 3. The number of hydrogen-bond acceptors (Lipinski definition) is 6. The highest BCUT2D eigenvalue weighted by Gasteiger charge is 2.34. The van der Waals surface area contributed by atoms with E-state index in [4.69, 9.17) is 14.2 Å². The van der Waals surface area contributed by atoms with Crippen molar-refractivity contribution in [3.8, 4) is 5.75 Å². The van der Waals surface area contributed by atoms with Gasteiger partial charge in [-0.05, 0) is 72.2 Å². The van der Waals surface area contributed by atoms with Crippen molar-refractivity contribution >= 4 is 23.6 Å². The molecule has 1 heterocycles. The average molecular weight is 523 g/mol. The van der Waals surface area contributed by atoms with Crippen LogP contribution in [0, 0.1) is 0 Å². The van der Waals surface area contributed by atoms with E-state index in [0.29, 0.717) is 11.4 Å². The minimum absolute atomic E-state index is 0.0718. The summed E-state index contributed by atoms with van der Waals surface area (Å²) in [5.41, 5.74) is -0.759. The Bertz CT molecular complexity index is 1110. The maximum atomic E-state index is 13.5. The predicted octanol–water partition coefficient (Wildman–Crippen LogP) is 7.30. The zero-order valence-electron chi connectivity index (χ0n) is 21.9. The van der Waals surface area contributed by atoms with Crippen molar-refractivity contribution in [2.45, 2.75) is 71.9 Å². The van der Waals surface area contributed by atoms with Gasteiger partial charge in [-0.25, -0.2) is 14.5 Å². The number of benzene rings is 2. The highest BCUT2D eigenvalue weighted by atomic mass is 19.4. The van der Waals surface area contributed by atoms with Gasteiger partial charge in [0.25, 0.3) is 0 Å². The highest BCUT2D eigenvalue weighted by molar-refractivity contribution is 5.88. The van der Waals surface area contributed by atoms with E-state index in [-0.39, 0.29) is 31.8 Å². The number of ether oxygens (including phenoxy) is 3. The number of anilines is 2. The van der Waals surface area contributed by atoms with E-state index in [9.17, 15) is 22.8 Å². The Morgan fingerprint density at radius 3 is 2.08 bits per heavy atom. The lowest BCUT2D eigenvalue weighted by molar-refractivity contribution is -0.137. The fraction of sp³-hybridized carbons (Fsp3) is 0.481. The molecule has 1 aliphatic rings. The van der Waals surface area contributed by atoms with Crippen LogP contribution >= 0.6 is 0 Å². The van der Waals surface area contributed by atoms with Gasteiger partial charge in [-0.1, -0.05) is 18.2 Å². The molecule has 0 aromatic heterocycles. The van der Waals surface area contributed by atoms with Crippen molar-refractivity contribution in [3.63, 3.8) is 0 Å². The Hall–Kier alpha value is -3.43. The first-order valence-electron chi connectivity index (χ1n) is 12.0. The Morgan fingerprint density at radius 1 is 0.919 bits per heavy atom. The summed E-state index contributed by atoms with van der Waals surface area (Å²) in [6.45, 7) is 10.4. The van der Waals surface area contributed by atoms with Crippen LogP contribution in [0.25, 0.3) is 0 Å². The molecule has 0 saturated heterocycles. The van der Waals surface area contributed by atoms with Gasteiger partial charge in [-0.3, -0.25) is 0 Å². The van der Waals surface area contributed by atoms with E-state index >= 15 is 0 Å². The summed E-state index contributed by atoms with van der Waals surface area (Å²) in [7, 11) is 0. The third-order valence-electron chi connectivity index (χ3n) is 5.23. The number of rotatable bonds is 4. The quantitative estimate of drug-likeness (QED) is 0.420. The van der Waals surface area contributed by atoms with E-state index < -0.39 is 35.1 Å². The molecule has 0 saturated carbocycles. The van der Waals surface area contributed by atoms with E-state index in [1.165, 1.54) is 6.07 Å². The van der Waals surface area contributed by atoms with Gasteiger partial charge >= 0.3 is 18.4 Å². The SMILES string of the molecule is CC(C)(C)OC(=O)N(CCCN1c2ccccc2COc2ccc(C(F)(F)F)cc21)C(=O)OC(C)(C)C. The number of carbonyl (C=O) groups is 2. The first-order chi connectivity index (χ1) is 17.0. The van der Waals surface area contributed by atoms with Gasteiger partial charge in [-0.15, -0.1) is 0 Å². The summed E-state index contributed by atoms with van der Waals surface area (Å²) in [6, 6.07) is 10.6. The van der Waals surface area contributed by atoms with Gasteiger partial charge in [0, 0.05) is 24.3 Å². The normalized spacial score (nSPS) is 13.6. The minimum atomic E-state index is -4.53. The Labute approximate surface area is 215 Å². The minimum Gasteiger partial charge on any atom is -0.487 e. The molecule has 0 unspecified atom stereocenters. The maximum absolute atomic E-state index is 13.5. The molecule has 10 heteroatoms.